The van der Waals surface area contributed by atoms with Gasteiger partial charge in [-0.1, -0.05) is 6.07 Å². The van der Waals surface area contributed by atoms with Gasteiger partial charge in [-0.15, -0.1) is 0 Å². The van der Waals surface area contributed by atoms with Gasteiger partial charge in [-0.2, -0.15) is 0 Å². The van der Waals surface area contributed by atoms with E-state index in [0.717, 1.165) is 11.1 Å². The topological polar surface area (TPSA) is 75.4 Å². The van der Waals surface area contributed by atoms with Crippen LogP contribution in [0, 0.1) is 6.92 Å². The molecule has 3 N–H and O–H groups in total. The number of aryl methyl sites for hydroxylation is 1. The molecular weight excluding hydrogens is 330 g/mol. The number of nitrogens with two attached hydrogens (primary N) is 1. The normalized spacial score (nSPS) is 12.1. The van der Waals surface area contributed by atoms with Crippen LogP contribution in [0.25, 0.3) is 0 Å². The molecule has 0 bridgehead atoms. The lowest BCUT2D eigenvalue weighted by atomic mass is 10.1. The summed E-state index contributed by atoms with van der Waals surface area (Å²) in [5, 5.41) is 0. The summed E-state index contributed by atoms with van der Waals surface area (Å²) in [4.78, 5) is 2.16. The van der Waals surface area contributed by atoms with E-state index >= 15 is 0 Å². The van der Waals surface area contributed by atoms with Gasteiger partial charge in [0.2, 0.25) is 10.0 Å². The van der Waals surface area contributed by atoms with E-state index in [9.17, 15) is 8.42 Å². The number of likely N-dealkylation sites (N-methyl/N-ethyl adjacent to an activating group) is 1. The molecule has 0 atom stereocenters. The molecule has 0 aromatic heterocycles. The number of nitrogens with zero attached hydrogens (tertiary/aromatic N) is 1. The summed E-state index contributed by atoms with van der Waals surface area (Å²) in [6, 6.07) is 3.48. The molecule has 0 aliphatic carbocycles. The molecule has 0 spiro atoms. The fourth-order valence-electron chi connectivity index (χ4n) is 1.60. The van der Waals surface area contributed by atoms with Crippen molar-refractivity contribution < 1.29 is 8.42 Å². The number of benzene rings is 1. The van der Waals surface area contributed by atoms with Crippen LogP contribution in [0.5, 0.6) is 0 Å². The van der Waals surface area contributed by atoms with E-state index in [4.69, 9.17) is 5.73 Å². The molecule has 0 unspecified atom stereocenters. The second-order valence-electron chi connectivity index (χ2n) is 4.63. The first kappa shape index (κ1) is 16.6. The number of halogens is 1. The van der Waals surface area contributed by atoms with Gasteiger partial charge in [0.1, 0.15) is 0 Å². The molecule has 0 radical (unpaired) electrons. The van der Waals surface area contributed by atoms with E-state index in [1.165, 1.54) is 0 Å². The third-order valence-electron chi connectivity index (χ3n) is 2.66. The Labute approximate surface area is 123 Å². The van der Waals surface area contributed by atoms with E-state index in [1.807, 2.05) is 32.0 Å². The van der Waals surface area contributed by atoms with E-state index in [0.29, 0.717) is 24.1 Å². The average Bonchev–Trinajstić information content (AvgIpc) is 2.31. The second-order valence-corrected chi connectivity index (χ2v) is 7.16. The monoisotopic (exact) mass is 349 g/mol. The smallest absolute Gasteiger partial charge is 0.241 e. The summed E-state index contributed by atoms with van der Waals surface area (Å²) >= 11 is 3.33. The highest BCUT2D eigenvalue weighted by atomic mass is 79.9. The Kier molecular flexibility index (Phi) is 5.94. The van der Waals surface area contributed by atoms with Crippen molar-refractivity contribution in [3.63, 3.8) is 0 Å². The lowest BCUT2D eigenvalue weighted by Gasteiger charge is -2.14. The molecule has 19 heavy (non-hydrogen) atoms. The van der Waals surface area contributed by atoms with Crippen LogP contribution in [0.2, 0.25) is 0 Å². The van der Waals surface area contributed by atoms with E-state index in [2.05, 4.69) is 20.7 Å². The SMILES string of the molecule is Cc1cc(CN)cc(S(=O)(=O)NCCN(C)C)c1Br. The molecule has 0 amide bonds. The zero-order valence-electron chi connectivity index (χ0n) is 11.4. The third-order valence-corrected chi connectivity index (χ3v) is 5.46. The quantitative estimate of drug-likeness (QED) is 0.804. The van der Waals surface area contributed by atoms with Crippen molar-refractivity contribution in [2.45, 2.75) is 18.4 Å². The minimum atomic E-state index is -3.52. The van der Waals surface area contributed by atoms with Crippen molar-refractivity contribution in [2.24, 2.45) is 5.73 Å². The largest absolute Gasteiger partial charge is 0.326 e. The third kappa shape index (κ3) is 4.54. The van der Waals surface area contributed by atoms with Crippen molar-refractivity contribution in [2.75, 3.05) is 27.2 Å². The molecule has 7 heteroatoms. The van der Waals surface area contributed by atoms with Crippen LogP contribution in [0.15, 0.2) is 21.5 Å². The lowest BCUT2D eigenvalue weighted by molar-refractivity contribution is 0.412. The van der Waals surface area contributed by atoms with Crippen molar-refractivity contribution in [1.29, 1.82) is 0 Å². The first-order valence-corrected chi connectivity index (χ1v) is 8.19. The fourth-order valence-corrected chi connectivity index (χ4v) is 3.69. The molecule has 0 aliphatic rings. The van der Waals surface area contributed by atoms with Crippen molar-refractivity contribution >= 4 is 26.0 Å². The maximum absolute atomic E-state index is 12.3. The van der Waals surface area contributed by atoms with Gasteiger partial charge in [-0.3, -0.25) is 0 Å². The Balaban J connectivity index is 3.03. The zero-order valence-corrected chi connectivity index (χ0v) is 13.8. The average molecular weight is 350 g/mol. The molecule has 1 rings (SSSR count). The van der Waals surface area contributed by atoms with E-state index in [-0.39, 0.29) is 4.90 Å². The highest BCUT2D eigenvalue weighted by Gasteiger charge is 2.19. The zero-order chi connectivity index (χ0) is 14.6. The molecule has 1 aromatic rings. The summed E-state index contributed by atoms with van der Waals surface area (Å²) in [6.07, 6.45) is 0. The molecule has 0 saturated heterocycles. The van der Waals surface area contributed by atoms with Crippen LogP contribution in [-0.2, 0) is 16.6 Å². The first-order valence-electron chi connectivity index (χ1n) is 5.91. The van der Waals surface area contributed by atoms with Gasteiger partial charge in [0.15, 0.2) is 0 Å². The minimum absolute atomic E-state index is 0.242. The van der Waals surface area contributed by atoms with Crippen LogP contribution >= 0.6 is 15.9 Å². The lowest BCUT2D eigenvalue weighted by Crippen LogP contribution is -2.31. The minimum Gasteiger partial charge on any atom is -0.326 e. The summed E-state index contributed by atoms with van der Waals surface area (Å²) in [7, 11) is 0.264. The molecule has 5 nitrogen and oxygen atoms in total. The van der Waals surface area contributed by atoms with Gasteiger partial charge in [0, 0.05) is 24.1 Å². The molecule has 0 aliphatic heterocycles. The van der Waals surface area contributed by atoms with Gasteiger partial charge < -0.3 is 10.6 Å². The fraction of sp³-hybridized carbons (Fsp3) is 0.500. The molecule has 0 fully saturated rings. The number of nitrogens with one attached hydrogen (secondary N) is 1. The Hall–Kier alpha value is -0.470. The number of rotatable bonds is 6. The van der Waals surface area contributed by atoms with Crippen molar-refractivity contribution in [3.05, 3.63) is 27.7 Å². The summed E-state index contributed by atoms with van der Waals surface area (Å²) in [5.74, 6) is 0. The van der Waals surface area contributed by atoms with Gasteiger partial charge >= 0.3 is 0 Å². The van der Waals surface area contributed by atoms with E-state index in [1.54, 1.807) is 6.07 Å². The van der Waals surface area contributed by atoms with Gasteiger partial charge in [0.05, 0.1) is 4.90 Å². The van der Waals surface area contributed by atoms with Crippen LogP contribution in [0.4, 0.5) is 0 Å². The summed E-state index contributed by atoms with van der Waals surface area (Å²) in [5.41, 5.74) is 7.24. The number of hydrogen-bond donors (Lipinski definition) is 2. The standard InChI is InChI=1S/C12H20BrN3O2S/c1-9-6-10(8-14)7-11(12(9)13)19(17,18)15-4-5-16(2)3/h6-7,15H,4-5,8,14H2,1-3H3. The van der Waals surface area contributed by atoms with Crippen molar-refractivity contribution in [1.82, 2.24) is 9.62 Å². The maximum atomic E-state index is 12.3. The Bertz CT molecular complexity index is 544. The molecule has 0 heterocycles. The molecule has 0 saturated carbocycles. The first-order chi connectivity index (χ1) is 8.77. The summed E-state index contributed by atoms with van der Waals surface area (Å²) in [6.45, 7) is 3.18. The predicted octanol–water partition coefficient (Wildman–Crippen LogP) is 1.06. The van der Waals surface area contributed by atoms with Gasteiger partial charge in [0.25, 0.3) is 0 Å². The Morgan fingerprint density at radius 2 is 2.00 bits per heavy atom. The van der Waals surface area contributed by atoms with Crippen LogP contribution in [0.1, 0.15) is 11.1 Å². The second kappa shape index (κ2) is 6.81. The Morgan fingerprint density at radius 1 is 1.37 bits per heavy atom. The summed E-state index contributed by atoms with van der Waals surface area (Å²) < 4.78 is 27.7. The number of hydrogen-bond acceptors (Lipinski definition) is 4. The maximum Gasteiger partial charge on any atom is 0.241 e. The van der Waals surface area contributed by atoms with Crippen molar-refractivity contribution in [3.8, 4) is 0 Å². The van der Waals surface area contributed by atoms with Crippen LogP contribution < -0.4 is 10.5 Å². The van der Waals surface area contributed by atoms with Crippen LogP contribution in [0.3, 0.4) is 0 Å². The van der Waals surface area contributed by atoms with E-state index < -0.39 is 10.0 Å². The molecule has 1 aromatic carbocycles. The van der Waals surface area contributed by atoms with Crippen LogP contribution in [-0.4, -0.2) is 40.5 Å². The Morgan fingerprint density at radius 3 is 2.53 bits per heavy atom. The van der Waals surface area contributed by atoms with Gasteiger partial charge in [-0.05, 0) is 54.1 Å². The predicted molar refractivity (Wildman–Crippen MR) is 80.5 cm³/mol. The highest BCUT2D eigenvalue weighted by molar-refractivity contribution is 9.10. The van der Waals surface area contributed by atoms with Gasteiger partial charge in [-0.25, -0.2) is 13.1 Å². The molecular formula is C12H20BrN3O2S. The number of sulfonamides is 1. The highest BCUT2D eigenvalue weighted by Crippen LogP contribution is 2.27. The molecule has 108 valence electrons.